The number of carboxylic acid groups (broad SMARTS) is 2. The third kappa shape index (κ3) is 7.95. The molecule has 0 spiro atoms. The molecule has 14 heteroatoms. The number of aliphatic carboxylic acids is 2. The molecule has 0 aromatic heterocycles. The number of carboxylic acids is 2. The van der Waals surface area contributed by atoms with E-state index < -0.39 is 66.4 Å². The van der Waals surface area contributed by atoms with E-state index >= 15 is 0 Å². The topological polar surface area (TPSA) is 170 Å². The van der Waals surface area contributed by atoms with Crippen LogP contribution in [0.5, 0.6) is 0 Å². The van der Waals surface area contributed by atoms with Crippen molar-refractivity contribution in [3.05, 3.63) is 0 Å². The molecule has 0 bridgehead atoms. The van der Waals surface area contributed by atoms with Gasteiger partial charge in [-0.2, -0.15) is 0 Å². The van der Waals surface area contributed by atoms with Crippen LogP contribution in [0.4, 0.5) is 0 Å². The standard InChI is InChI=1S/C16H34O12Si2/c1-23-29(24-2,25-3)10-12(17)7-16(15(21)22,9-14(19)20)8-13(18)11-30(26-4,27-5)28-6/h12-13,17-18H,7-11H2,1-6H3,(H,19,20)(H,21,22). The van der Waals surface area contributed by atoms with E-state index in [9.17, 15) is 30.0 Å². The molecule has 4 N–H and O–H groups in total. The van der Waals surface area contributed by atoms with E-state index in [1.165, 1.54) is 42.7 Å². The molecule has 0 rings (SSSR count). The number of hydrogen-bond donors (Lipinski definition) is 4. The molecule has 0 aliphatic rings. The zero-order chi connectivity index (χ0) is 23.6. The van der Waals surface area contributed by atoms with E-state index in [1.807, 2.05) is 0 Å². The molecule has 12 nitrogen and oxygen atoms in total. The monoisotopic (exact) mass is 474 g/mol. The van der Waals surface area contributed by atoms with Gasteiger partial charge >= 0.3 is 29.5 Å². The number of aliphatic hydroxyl groups is 2. The van der Waals surface area contributed by atoms with Crippen molar-refractivity contribution in [2.24, 2.45) is 5.41 Å². The SMILES string of the molecule is CO[Si](CC(O)CC(CC(=O)O)(CC(O)C[Si](OC)(OC)OC)C(=O)O)(OC)OC. The fraction of sp³-hybridized carbons (Fsp3) is 0.875. The number of rotatable bonds is 17. The maximum atomic E-state index is 12.1. The Labute approximate surface area is 178 Å². The van der Waals surface area contributed by atoms with Crippen LogP contribution < -0.4 is 0 Å². The Morgan fingerprint density at radius 3 is 1.23 bits per heavy atom. The Balaban J connectivity index is 5.74. The fourth-order valence-electron chi connectivity index (χ4n) is 3.39. The zero-order valence-corrected chi connectivity index (χ0v) is 20.2. The average molecular weight is 475 g/mol. The highest BCUT2D eigenvalue weighted by Crippen LogP contribution is 2.38. The minimum atomic E-state index is -3.26. The summed E-state index contributed by atoms with van der Waals surface area (Å²) in [7, 11) is 1.50. The van der Waals surface area contributed by atoms with E-state index in [2.05, 4.69) is 0 Å². The van der Waals surface area contributed by atoms with Gasteiger partial charge in [0.25, 0.3) is 0 Å². The Hall–Kier alpha value is -0.946. The summed E-state index contributed by atoms with van der Waals surface area (Å²) in [6, 6.07) is -0.317. The average Bonchev–Trinajstić information content (AvgIpc) is 2.69. The predicted molar refractivity (Wildman–Crippen MR) is 107 cm³/mol. The van der Waals surface area contributed by atoms with Crippen LogP contribution in [0, 0.1) is 5.41 Å². The van der Waals surface area contributed by atoms with Crippen LogP contribution in [-0.4, -0.2) is 105 Å². The Morgan fingerprint density at radius 2 is 1.03 bits per heavy atom. The van der Waals surface area contributed by atoms with Gasteiger partial charge < -0.3 is 47.0 Å². The van der Waals surface area contributed by atoms with Crippen molar-refractivity contribution >= 4 is 29.5 Å². The summed E-state index contributed by atoms with van der Waals surface area (Å²) in [5, 5.41) is 40.3. The van der Waals surface area contributed by atoms with Crippen molar-refractivity contribution in [2.45, 2.75) is 43.6 Å². The first-order valence-corrected chi connectivity index (χ1v) is 12.9. The van der Waals surface area contributed by atoms with Gasteiger partial charge in [-0.1, -0.05) is 0 Å². The van der Waals surface area contributed by atoms with E-state index in [0.717, 1.165) is 0 Å². The lowest BCUT2D eigenvalue weighted by atomic mass is 9.75. The van der Waals surface area contributed by atoms with Crippen molar-refractivity contribution in [2.75, 3.05) is 42.7 Å². The molecule has 2 atom stereocenters. The van der Waals surface area contributed by atoms with Gasteiger partial charge in [0.2, 0.25) is 0 Å². The van der Waals surface area contributed by atoms with E-state index in [1.54, 1.807) is 0 Å². The van der Waals surface area contributed by atoms with Gasteiger partial charge in [-0.15, -0.1) is 0 Å². The van der Waals surface area contributed by atoms with Gasteiger partial charge in [-0.05, 0) is 12.8 Å². The summed E-state index contributed by atoms with van der Waals surface area (Å²) in [4.78, 5) is 23.6. The van der Waals surface area contributed by atoms with Crippen molar-refractivity contribution in [1.82, 2.24) is 0 Å². The minimum Gasteiger partial charge on any atom is -0.481 e. The minimum absolute atomic E-state index is 0.159. The quantitative estimate of drug-likeness (QED) is 0.205. The van der Waals surface area contributed by atoms with Crippen LogP contribution in [0.1, 0.15) is 19.3 Å². The third-order valence-electron chi connectivity index (χ3n) is 5.03. The summed E-state index contributed by atoms with van der Waals surface area (Å²) in [5.74, 6) is -2.86. The second kappa shape index (κ2) is 12.8. The van der Waals surface area contributed by atoms with Gasteiger partial charge in [0.1, 0.15) is 0 Å². The summed E-state index contributed by atoms with van der Waals surface area (Å²) in [6.07, 6.45) is -4.42. The number of carbonyl (C=O) groups is 2. The fourth-order valence-corrected chi connectivity index (χ4v) is 6.83. The highest BCUT2D eigenvalue weighted by Gasteiger charge is 2.49. The molecule has 2 unspecified atom stereocenters. The molecule has 0 aliphatic heterocycles. The van der Waals surface area contributed by atoms with Gasteiger partial charge in [-0.3, -0.25) is 9.59 Å². The second-order valence-corrected chi connectivity index (χ2v) is 12.9. The molecule has 178 valence electrons. The van der Waals surface area contributed by atoms with E-state index in [-0.39, 0.29) is 12.1 Å². The molecular weight excluding hydrogens is 440 g/mol. The van der Waals surface area contributed by atoms with Crippen LogP contribution in [0.25, 0.3) is 0 Å². The number of aliphatic hydroxyl groups excluding tert-OH is 2. The summed E-state index contributed by atoms with van der Waals surface area (Å²) >= 11 is 0. The third-order valence-corrected chi connectivity index (χ3v) is 10.7. The van der Waals surface area contributed by atoms with Crippen LogP contribution >= 0.6 is 0 Å². The van der Waals surface area contributed by atoms with Gasteiger partial charge in [0.15, 0.2) is 0 Å². The molecule has 0 aromatic rings. The molecule has 0 aliphatic carbocycles. The molecule has 0 saturated heterocycles. The van der Waals surface area contributed by atoms with Crippen LogP contribution in [-0.2, 0) is 36.1 Å². The van der Waals surface area contributed by atoms with Crippen LogP contribution in [0.2, 0.25) is 12.1 Å². The molecule has 0 heterocycles. The molecule has 0 fully saturated rings. The van der Waals surface area contributed by atoms with Crippen molar-refractivity contribution in [3.63, 3.8) is 0 Å². The molecule has 0 radical (unpaired) electrons. The Bertz CT molecular complexity index is 492. The molecule has 0 amide bonds. The Morgan fingerprint density at radius 1 is 0.733 bits per heavy atom. The van der Waals surface area contributed by atoms with E-state index in [4.69, 9.17) is 26.6 Å². The number of hydrogen-bond acceptors (Lipinski definition) is 10. The van der Waals surface area contributed by atoms with Gasteiger partial charge in [0.05, 0.1) is 24.0 Å². The maximum absolute atomic E-state index is 12.1. The predicted octanol–water partition coefficient (Wildman–Crippen LogP) is -0.210. The van der Waals surface area contributed by atoms with Crippen molar-refractivity contribution in [3.8, 4) is 0 Å². The second-order valence-electron chi connectivity index (χ2n) is 6.87. The highest BCUT2D eigenvalue weighted by atomic mass is 28.4. The van der Waals surface area contributed by atoms with Crippen LogP contribution in [0.3, 0.4) is 0 Å². The van der Waals surface area contributed by atoms with Crippen molar-refractivity contribution in [1.29, 1.82) is 0 Å². The first kappa shape index (κ1) is 29.1. The molecular formula is C16H34O12Si2. The summed E-state index contributed by atoms with van der Waals surface area (Å²) in [6.45, 7) is 0. The van der Waals surface area contributed by atoms with Crippen molar-refractivity contribution < 1.29 is 56.6 Å². The van der Waals surface area contributed by atoms with Gasteiger partial charge in [0, 0.05) is 54.7 Å². The first-order chi connectivity index (χ1) is 13.9. The summed E-state index contributed by atoms with van der Waals surface area (Å²) < 4.78 is 31.4. The smallest absolute Gasteiger partial charge is 0.481 e. The Kier molecular flexibility index (Phi) is 12.4. The zero-order valence-electron chi connectivity index (χ0n) is 18.2. The lowest BCUT2D eigenvalue weighted by molar-refractivity contribution is -0.160. The highest BCUT2D eigenvalue weighted by molar-refractivity contribution is 6.61. The lowest BCUT2D eigenvalue weighted by Crippen LogP contribution is -2.49. The normalized spacial score (nSPS) is 16.7. The maximum Gasteiger partial charge on any atom is 0.502 e. The molecule has 0 saturated carbocycles. The first-order valence-electron chi connectivity index (χ1n) is 9.05. The van der Waals surface area contributed by atoms with Gasteiger partial charge in [-0.25, -0.2) is 0 Å². The van der Waals surface area contributed by atoms with E-state index in [0.29, 0.717) is 0 Å². The van der Waals surface area contributed by atoms with Crippen LogP contribution in [0.15, 0.2) is 0 Å². The summed E-state index contributed by atoms with van der Waals surface area (Å²) in [5.41, 5.74) is -1.98. The molecule has 0 aromatic carbocycles. The lowest BCUT2D eigenvalue weighted by Gasteiger charge is -2.35. The largest absolute Gasteiger partial charge is 0.502 e. The molecule has 30 heavy (non-hydrogen) atoms.